The molecule has 26 heavy (non-hydrogen) atoms. The van der Waals surface area contributed by atoms with Gasteiger partial charge in [-0.2, -0.15) is 0 Å². The average Bonchev–Trinajstić information content (AvgIpc) is 2.60. The Morgan fingerprint density at radius 1 is 1.08 bits per heavy atom. The molecule has 0 atom stereocenters. The van der Waals surface area contributed by atoms with E-state index in [0.717, 1.165) is 42.3 Å². The highest BCUT2D eigenvalue weighted by molar-refractivity contribution is 5.77. The predicted molar refractivity (Wildman–Crippen MR) is 110 cm³/mol. The summed E-state index contributed by atoms with van der Waals surface area (Å²) in [5.74, 6) is 1.56. The van der Waals surface area contributed by atoms with Gasteiger partial charge in [-0.15, -0.1) is 0 Å². The van der Waals surface area contributed by atoms with Gasteiger partial charge in [0.05, 0.1) is 11.0 Å². The zero-order valence-electron chi connectivity index (χ0n) is 16.6. The number of para-hydroxylation sites is 1. The first-order valence-electron chi connectivity index (χ1n) is 10.0. The van der Waals surface area contributed by atoms with Crippen molar-refractivity contribution in [3.05, 3.63) is 48.4 Å². The fourth-order valence-corrected chi connectivity index (χ4v) is 4.16. The van der Waals surface area contributed by atoms with Crippen molar-refractivity contribution >= 4 is 11.0 Å². The van der Waals surface area contributed by atoms with Crippen LogP contribution in [-0.2, 0) is 6.42 Å². The number of hydrogen-bond acceptors (Lipinski definition) is 3. The van der Waals surface area contributed by atoms with Gasteiger partial charge >= 0.3 is 0 Å². The van der Waals surface area contributed by atoms with Gasteiger partial charge in [0.15, 0.2) is 0 Å². The predicted octanol–water partition coefficient (Wildman–Crippen LogP) is 5.52. The normalized spacial score (nSPS) is 20.9. The van der Waals surface area contributed by atoms with Gasteiger partial charge in [-0.3, -0.25) is 9.97 Å². The van der Waals surface area contributed by atoms with Crippen LogP contribution in [0.5, 0.6) is 0 Å². The van der Waals surface area contributed by atoms with Gasteiger partial charge < -0.3 is 5.32 Å². The standard InChI is InChI=1S/C23H33N3/c1-17(15-23(2,3)4)26-16-19-10-8-18(9-11-19)14-20-6-5-7-21-22(20)25-13-12-24-21/h5-7,12-13,18-19,26H,1,8-11,14-16H2,2-4H3/t18-,19+. The highest BCUT2D eigenvalue weighted by Gasteiger charge is 2.22. The third-order valence-electron chi connectivity index (χ3n) is 5.44. The topological polar surface area (TPSA) is 37.8 Å². The molecule has 1 aliphatic rings. The minimum absolute atomic E-state index is 0.309. The zero-order chi connectivity index (χ0) is 18.6. The molecule has 1 saturated carbocycles. The first-order valence-corrected chi connectivity index (χ1v) is 10.0. The summed E-state index contributed by atoms with van der Waals surface area (Å²) in [4.78, 5) is 8.99. The van der Waals surface area contributed by atoms with Crippen molar-refractivity contribution in [3.63, 3.8) is 0 Å². The Morgan fingerprint density at radius 2 is 1.77 bits per heavy atom. The van der Waals surface area contributed by atoms with Crippen LogP contribution in [-0.4, -0.2) is 16.5 Å². The van der Waals surface area contributed by atoms with Crippen LogP contribution in [0.15, 0.2) is 42.9 Å². The summed E-state index contributed by atoms with van der Waals surface area (Å²) in [5.41, 5.74) is 4.95. The Kier molecular flexibility index (Phi) is 5.95. The van der Waals surface area contributed by atoms with E-state index >= 15 is 0 Å². The number of hydrogen-bond donors (Lipinski definition) is 1. The van der Waals surface area contributed by atoms with Crippen LogP contribution in [0.1, 0.15) is 58.4 Å². The molecule has 3 heteroatoms. The van der Waals surface area contributed by atoms with Gasteiger partial charge in [0, 0.05) is 24.6 Å². The van der Waals surface area contributed by atoms with Gasteiger partial charge in [0.2, 0.25) is 0 Å². The van der Waals surface area contributed by atoms with Crippen LogP contribution < -0.4 is 5.32 Å². The van der Waals surface area contributed by atoms with Crippen molar-refractivity contribution in [2.24, 2.45) is 17.3 Å². The highest BCUT2D eigenvalue weighted by Crippen LogP contribution is 2.32. The SMILES string of the molecule is C=C(CC(C)(C)C)NC[C@H]1CC[C@@H](Cc2cccc3nccnc23)CC1. The second kappa shape index (κ2) is 8.20. The van der Waals surface area contributed by atoms with E-state index in [1.54, 1.807) is 12.4 Å². The molecule has 1 fully saturated rings. The summed E-state index contributed by atoms with van der Waals surface area (Å²) in [6.45, 7) is 12.1. The summed E-state index contributed by atoms with van der Waals surface area (Å²) >= 11 is 0. The molecule has 0 radical (unpaired) electrons. The number of nitrogens with one attached hydrogen (secondary N) is 1. The van der Waals surface area contributed by atoms with Crippen molar-refractivity contribution in [1.82, 2.24) is 15.3 Å². The lowest BCUT2D eigenvalue weighted by molar-refractivity contribution is 0.268. The van der Waals surface area contributed by atoms with Gasteiger partial charge in [-0.05, 0) is 67.4 Å². The van der Waals surface area contributed by atoms with Crippen LogP contribution in [0.3, 0.4) is 0 Å². The van der Waals surface area contributed by atoms with E-state index in [0.29, 0.717) is 5.41 Å². The molecule has 0 aliphatic heterocycles. The lowest BCUT2D eigenvalue weighted by Crippen LogP contribution is -2.27. The second-order valence-corrected chi connectivity index (χ2v) is 9.15. The Morgan fingerprint density at radius 3 is 2.50 bits per heavy atom. The number of allylic oxidation sites excluding steroid dienone is 1. The number of aromatic nitrogens is 2. The average molecular weight is 352 g/mol. The molecule has 0 spiro atoms. The molecule has 3 nitrogen and oxygen atoms in total. The molecular formula is C23H33N3. The number of nitrogens with zero attached hydrogens (tertiary/aromatic N) is 2. The Hall–Kier alpha value is -1.90. The molecule has 1 aliphatic carbocycles. The van der Waals surface area contributed by atoms with Crippen LogP contribution in [0.4, 0.5) is 0 Å². The van der Waals surface area contributed by atoms with E-state index in [1.165, 1.54) is 36.9 Å². The highest BCUT2D eigenvalue weighted by atomic mass is 14.9. The number of benzene rings is 1. The first kappa shape index (κ1) is 18.9. The Bertz CT molecular complexity index is 731. The summed E-state index contributed by atoms with van der Waals surface area (Å²) in [6.07, 6.45) is 11.0. The molecule has 1 aromatic carbocycles. The second-order valence-electron chi connectivity index (χ2n) is 9.15. The summed E-state index contributed by atoms with van der Waals surface area (Å²) in [6, 6.07) is 6.39. The fourth-order valence-electron chi connectivity index (χ4n) is 4.16. The molecular weight excluding hydrogens is 318 g/mol. The largest absolute Gasteiger partial charge is 0.389 e. The van der Waals surface area contributed by atoms with E-state index < -0.39 is 0 Å². The number of rotatable bonds is 6. The molecule has 140 valence electrons. The Labute approximate surface area is 158 Å². The van der Waals surface area contributed by atoms with Crippen LogP contribution in [0.2, 0.25) is 0 Å². The first-order chi connectivity index (χ1) is 12.4. The van der Waals surface area contributed by atoms with Crippen molar-refractivity contribution in [1.29, 1.82) is 0 Å². The lowest BCUT2D eigenvalue weighted by atomic mass is 9.79. The maximum absolute atomic E-state index is 4.56. The quantitative estimate of drug-likeness (QED) is 0.745. The third-order valence-corrected chi connectivity index (χ3v) is 5.44. The zero-order valence-corrected chi connectivity index (χ0v) is 16.6. The molecule has 3 rings (SSSR count). The summed E-state index contributed by atoms with van der Waals surface area (Å²) in [5, 5.41) is 3.58. The molecule has 0 saturated heterocycles. The summed E-state index contributed by atoms with van der Waals surface area (Å²) in [7, 11) is 0. The molecule has 1 N–H and O–H groups in total. The molecule has 1 aromatic heterocycles. The monoisotopic (exact) mass is 351 g/mol. The lowest BCUT2D eigenvalue weighted by Gasteiger charge is -2.30. The van der Waals surface area contributed by atoms with Crippen LogP contribution >= 0.6 is 0 Å². The van der Waals surface area contributed by atoms with E-state index in [9.17, 15) is 0 Å². The minimum atomic E-state index is 0.309. The fraction of sp³-hybridized carbons (Fsp3) is 0.565. The van der Waals surface area contributed by atoms with Crippen molar-refractivity contribution in [2.75, 3.05) is 6.54 Å². The smallest absolute Gasteiger partial charge is 0.0918 e. The van der Waals surface area contributed by atoms with Gasteiger partial charge in [-0.25, -0.2) is 0 Å². The van der Waals surface area contributed by atoms with Crippen LogP contribution in [0.25, 0.3) is 11.0 Å². The minimum Gasteiger partial charge on any atom is -0.389 e. The summed E-state index contributed by atoms with van der Waals surface area (Å²) < 4.78 is 0. The van der Waals surface area contributed by atoms with Crippen LogP contribution in [0, 0.1) is 17.3 Å². The van der Waals surface area contributed by atoms with Gasteiger partial charge in [-0.1, -0.05) is 39.5 Å². The van der Waals surface area contributed by atoms with Gasteiger partial charge in [0.1, 0.15) is 0 Å². The molecule has 1 heterocycles. The molecule has 2 aromatic rings. The van der Waals surface area contributed by atoms with Crippen molar-refractivity contribution in [3.8, 4) is 0 Å². The van der Waals surface area contributed by atoms with E-state index in [1.807, 2.05) is 0 Å². The van der Waals surface area contributed by atoms with E-state index in [-0.39, 0.29) is 0 Å². The molecule has 0 bridgehead atoms. The third kappa shape index (κ3) is 5.30. The van der Waals surface area contributed by atoms with Crippen molar-refractivity contribution in [2.45, 2.75) is 59.3 Å². The molecule has 0 amide bonds. The molecule has 0 unspecified atom stereocenters. The maximum Gasteiger partial charge on any atom is 0.0918 e. The van der Waals surface area contributed by atoms with Crippen molar-refractivity contribution < 1.29 is 0 Å². The number of fused-ring (bicyclic) bond motifs is 1. The Balaban J connectivity index is 1.47. The van der Waals surface area contributed by atoms with E-state index in [2.05, 4.69) is 60.8 Å². The van der Waals surface area contributed by atoms with Gasteiger partial charge in [0.25, 0.3) is 0 Å². The van der Waals surface area contributed by atoms with E-state index in [4.69, 9.17) is 0 Å². The maximum atomic E-state index is 4.56.